The molecule has 0 bridgehead atoms. The van der Waals surface area contributed by atoms with E-state index in [0.29, 0.717) is 17.9 Å². The number of hydrogen-bond acceptors (Lipinski definition) is 6. The molecule has 0 spiro atoms. The third-order valence-corrected chi connectivity index (χ3v) is 6.17. The van der Waals surface area contributed by atoms with Crippen LogP contribution >= 0.6 is 0 Å². The van der Waals surface area contributed by atoms with Gasteiger partial charge in [0.15, 0.2) is 6.61 Å². The van der Waals surface area contributed by atoms with Gasteiger partial charge < -0.3 is 14.8 Å². The molecular formula is C32H24FN3O6. The zero-order valence-corrected chi connectivity index (χ0v) is 22.1. The number of ether oxygens (including phenoxy) is 2. The Kier molecular flexibility index (Phi) is 8.34. The molecule has 10 heteroatoms. The smallest absolute Gasteiger partial charge is 0.335 e. The molecule has 1 heterocycles. The van der Waals surface area contributed by atoms with E-state index >= 15 is 0 Å². The molecular weight excluding hydrogens is 541 g/mol. The predicted molar refractivity (Wildman–Crippen MR) is 153 cm³/mol. The van der Waals surface area contributed by atoms with Crippen LogP contribution in [-0.2, 0) is 21.0 Å². The largest absolute Gasteiger partial charge is 0.489 e. The maximum atomic E-state index is 13.8. The molecule has 5 amide bonds. The summed E-state index contributed by atoms with van der Waals surface area (Å²) in [5, 5.41) is 4.60. The molecule has 1 aliphatic heterocycles. The number of urea groups is 1. The molecule has 42 heavy (non-hydrogen) atoms. The number of nitrogens with one attached hydrogen (secondary N) is 2. The summed E-state index contributed by atoms with van der Waals surface area (Å²) >= 11 is 0. The van der Waals surface area contributed by atoms with Crippen molar-refractivity contribution in [3.63, 3.8) is 0 Å². The Morgan fingerprint density at radius 1 is 0.833 bits per heavy atom. The molecule has 0 saturated carbocycles. The SMILES string of the molecule is O=C(COc1ccccc1/C=C1/C(=O)NC(=O)N(c2ccc(OCc3ccccc3)cc2)C1=O)Nc1ccccc1F. The van der Waals surface area contributed by atoms with E-state index in [9.17, 15) is 23.6 Å². The summed E-state index contributed by atoms with van der Waals surface area (Å²) in [5.74, 6) is -2.19. The molecule has 0 aromatic heterocycles. The number of nitrogens with zero attached hydrogens (tertiary/aromatic N) is 1. The van der Waals surface area contributed by atoms with Crippen LogP contribution < -0.4 is 25.0 Å². The summed E-state index contributed by atoms with van der Waals surface area (Å²) in [7, 11) is 0. The monoisotopic (exact) mass is 565 g/mol. The van der Waals surface area contributed by atoms with Crippen molar-refractivity contribution >= 4 is 41.2 Å². The van der Waals surface area contributed by atoms with Crippen LogP contribution in [0, 0.1) is 5.82 Å². The van der Waals surface area contributed by atoms with Crippen LogP contribution in [0.25, 0.3) is 6.08 Å². The van der Waals surface area contributed by atoms with Crippen LogP contribution in [0.15, 0.2) is 109 Å². The lowest BCUT2D eigenvalue weighted by Gasteiger charge is -2.26. The number of imide groups is 2. The van der Waals surface area contributed by atoms with Crippen molar-refractivity contribution in [3.05, 3.63) is 126 Å². The van der Waals surface area contributed by atoms with Gasteiger partial charge in [0, 0.05) is 5.56 Å². The van der Waals surface area contributed by atoms with Gasteiger partial charge >= 0.3 is 6.03 Å². The molecule has 2 N–H and O–H groups in total. The van der Waals surface area contributed by atoms with E-state index in [1.54, 1.807) is 42.5 Å². The van der Waals surface area contributed by atoms with Crippen LogP contribution in [0.2, 0.25) is 0 Å². The summed E-state index contributed by atoms with van der Waals surface area (Å²) in [6.45, 7) is -0.116. The number of para-hydroxylation sites is 2. The summed E-state index contributed by atoms with van der Waals surface area (Å²) < 4.78 is 25.2. The normalized spacial score (nSPS) is 14.0. The van der Waals surface area contributed by atoms with Crippen molar-refractivity contribution in [1.82, 2.24) is 5.32 Å². The maximum absolute atomic E-state index is 13.8. The summed E-state index contributed by atoms with van der Waals surface area (Å²) in [4.78, 5) is 51.9. The fourth-order valence-electron chi connectivity index (χ4n) is 4.10. The summed E-state index contributed by atoms with van der Waals surface area (Å²) in [5.41, 5.74) is 1.22. The average molecular weight is 566 g/mol. The van der Waals surface area contributed by atoms with Crippen molar-refractivity contribution in [3.8, 4) is 11.5 Å². The summed E-state index contributed by atoms with van der Waals surface area (Å²) in [6.07, 6.45) is 1.28. The molecule has 5 rings (SSSR count). The van der Waals surface area contributed by atoms with Crippen LogP contribution in [0.1, 0.15) is 11.1 Å². The van der Waals surface area contributed by atoms with E-state index in [2.05, 4.69) is 10.6 Å². The van der Waals surface area contributed by atoms with Crippen molar-refractivity contribution in [1.29, 1.82) is 0 Å². The molecule has 210 valence electrons. The lowest BCUT2D eigenvalue weighted by atomic mass is 10.1. The van der Waals surface area contributed by atoms with E-state index < -0.39 is 36.2 Å². The Labute approximate surface area is 240 Å². The first kappa shape index (κ1) is 27.8. The van der Waals surface area contributed by atoms with Gasteiger partial charge in [-0.3, -0.25) is 19.7 Å². The van der Waals surface area contributed by atoms with E-state index in [1.165, 1.54) is 36.4 Å². The van der Waals surface area contributed by atoms with Gasteiger partial charge in [0.1, 0.15) is 29.5 Å². The van der Waals surface area contributed by atoms with E-state index in [1.807, 2.05) is 30.3 Å². The second-order valence-electron chi connectivity index (χ2n) is 9.08. The van der Waals surface area contributed by atoms with Gasteiger partial charge in [0.25, 0.3) is 17.7 Å². The molecule has 0 aliphatic carbocycles. The van der Waals surface area contributed by atoms with Gasteiger partial charge in [-0.1, -0.05) is 60.7 Å². The number of carbonyl (C=O) groups excluding carboxylic acids is 4. The number of amides is 5. The number of benzene rings is 4. The minimum atomic E-state index is -0.894. The van der Waals surface area contributed by atoms with Crippen molar-refractivity contribution in [2.75, 3.05) is 16.8 Å². The van der Waals surface area contributed by atoms with Crippen LogP contribution in [0.5, 0.6) is 11.5 Å². The zero-order chi connectivity index (χ0) is 29.5. The van der Waals surface area contributed by atoms with Crippen LogP contribution in [0.3, 0.4) is 0 Å². The van der Waals surface area contributed by atoms with Gasteiger partial charge in [-0.15, -0.1) is 0 Å². The first-order valence-electron chi connectivity index (χ1n) is 12.8. The minimum absolute atomic E-state index is 0.00604. The first-order valence-corrected chi connectivity index (χ1v) is 12.8. The average Bonchev–Trinajstić information content (AvgIpc) is 3.00. The van der Waals surface area contributed by atoms with Gasteiger partial charge in [-0.05, 0) is 54.1 Å². The van der Waals surface area contributed by atoms with Gasteiger partial charge in [-0.2, -0.15) is 0 Å². The molecule has 9 nitrogen and oxygen atoms in total. The summed E-state index contributed by atoms with van der Waals surface area (Å²) in [6, 6.07) is 27.1. The molecule has 0 atom stereocenters. The number of carbonyl (C=O) groups is 4. The van der Waals surface area contributed by atoms with Crippen LogP contribution in [-0.4, -0.2) is 30.4 Å². The first-order chi connectivity index (χ1) is 20.4. The zero-order valence-electron chi connectivity index (χ0n) is 22.1. The second-order valence-corrected chi connectivity index (χ2v) is 9.08. The standard InChI is InChI=1S/C32H24FN3O6/c33-26-11-5-6-12-27(26)34-29(37)20-42-28-13-7-4-10-22(28)18-25-30(38)35-32(40)36(31(25)39)23-14-16-24(17-15-23)41-19-21-8-2-1-3-9-21/h1-18H,19-20H2,(H,34,37)(H,35,38,40)/b25-18-. The Bertz CT molecular complexity index is 1670. The maximum Gasteiger partial charge on any atom is 0.335 e. The fraction of sp³-hybridized carbons (Fsp3) is 0.0625. The van der Waals surface area contributed by atoms with Gasteiger partial charge in [0.05, 0.1) is 11.4 Å². The number of rotatable bonds is 9. The molecule has 4 aromatic rings. The third-order valence-electron chi connectivity index (χ3n) is 6.17. The molecule has 1 aliphatic rings. The lowest BCUT2D eigenvalue weighted by Crippen LogP contribution is -2.54. The van der Waals surface area contributed by atoms with Crippen molar-refractivity contribution in [2.45, 2.75) is 6.61 Å². The Morgan fingerprint density at radius 2 is 1.52 bits per heavy atom. The van der Waals surface area contributed by atoms with Gasteiger partial charge in [-0.25, -0.2) is 14.1 Å². The fourth-order valence-corrected chi connectivity index (χ4v) is 4.10. The molecule has 1 saturated heterocycles. The Hall–Kier alpha value is -5.77. The number of halogens is 1. The van der Waals surface area contributed by atoms with Crippen molar-refractivity contribution < 1.29 is 33.0 Å². The Morgan fingerprint density at radius 3 is 2.29 bits per heavy atom. The van der Waals surface area contributed by atoms with E-state index in [0.717, 1.165) is 10.5 Å². The quantitative estimate of drug-likeness (QED) is 0.216. The van der Waals surface area contributed by atoms with E-state index in [4.69, 9.17) is 9.47 Å². The third kappa shape index (κ3) is 6.50. The molecule has 1 fully saturated rings. The second kappa shape index (κ2) is 12.6. The highest BCUT2D eigenvalue weighted by molar-refractivity contribution is 6.39. The Balaban J connectivity index is 1.30. The molecule has 4 aromatic carbocycles. The molecule has 0 unspecified atom stereocenters. The van der Waals surface area contributed by atoms with E-state index in [-0.39, 0.29) is 22.7 Å². The highest BCUT2D eigenvalue weighted by atomic mass is 19.1. The topological polar surface area (TPSA) is 114 Å². The molecule has 0 radical (unpaired) electrons. The van der Waals surface area contributed by atoms with Crippen LogP contribution in [0.4, 0.5) is 20.6 Å². The number of hydrogen-bond donors (Lipinski definition) is 2. The lowest BCUT2D eigenvalue weighted by molar-refractivity contribution is -0.122. The highest BCUT2D eigenvalue weighted by Gasteiger charge is 2.37. The highest BCUT2D eigenvalue weighted by Crippen LogP contribution is 2.27. The van der Waals surface area contributed by atoms with Gasteiger partial charge in [0.2, 0.25) is 0 Å². The van der Waals surface area contributed by atoms with Crippen molar-refractivity contribution in [2.24, 2.45) is 0 Å². The predicted octanol–water partition coefficient (Wildman–Crippen LogP) is 5.09. The minimum Gasteiger partial charge on any atom is -0.489 e. The number of anilines is 2. The number of barbiturate groups is 1.